The Morgan fingerprint density at radius 2 is 1.67 bits per heavy atom. The Bertz CT molecular complexity index is 736. The van der Waals surface area contributed by atoms with Gasteiger partial charge in [-0.3, -0.25) is 0 Å². The quantitative estimate of drug-likeness (QED) is 0.504. The van der Waals surface area contributed by atoms with Crippen molar-refractivity contribution in [3.63, 3.8) is 0 Å². The van der Waals surface area contributed by atoms with Gasteiger partial charge in [-0.05, 0) is 35.9 Å². The highest BCUT2D eigenvalue weighted by Gasteiger charge is 2.11. The molecule has 0 radical (unpaired) electrons. The van der Waals surface area contributed by atoms with Crippen molar-refractivity contribution in [3.8, 4) is 0 Å². The second-order valence-electron chi connectivity index (χ2n) is 4.21. The molecule has 0 bridgehead atoms. The molecule has 5 nitrogen and oxygen atoms in total. The molecule has 0 heterocycles. The molecular formula is C15H15N3O2S. The van der Waals surface area contributed by atoms with Crippen LogP contribution in [0.15, 0.2) is 70.7 Å². The second kappa shape index (κ2) is 6.71. The molecular weight excluding hydrogens is 286 g/mol. The van der Waals surface area contributed by atoms with Crippen molar-refractivity contribution in [2.75, 3.05) is 5.73 Å². The van der Waals surface area contributed by atoms with Gasteiger partial charge in [0.15, 0.2) is 0 Å². The number of benzene rings is 2. The van der Waals surface area contributed by atoms with E-state index in [1.54, 1.807) is 6.08 Å². The van der Waals surface area contributed by atoms with Gasteiger partial charge < -0.3 is 5.73 Å². The third-order valence-corrected chi connectivity index (χ3v) is 3.85. The summed E-state index contributed by atoms with van der Waals surface area (Å²) < 4.78 is 23.8. The fourth-order valence-corrected chi connectivity index (χ4v) is 2.36. The number of nitrogens with two attached hydrogens (primary N) is 1. The Balaban J connectivity index is 1.97. The molecule has 0 saturated heterocycles. The van der Waals surface area contributed by atoms with E-state index >= 15 is 0 Å². The van der Waals surface area contributed by atoms with Crippen LogP contribution in [0.3, 0.4) is 0 Å². The number of allylic oxidation sites excluding steroid dienone is 1. The maximum absolute atomic E-state index is 11.9. The first kappa shape index (κ1) is 14.8. The number of nitrogens with one attached hydrogen (secondary N) is 1. The highest BCUT2D eigenvalue weighted by molar-refractivity contribution is 7.89. The molecule has 21 heavy (non-hydrogen) atoms. The molecule has 0 atom stereocenters. The zero-order chi connectivity index (χ0) is 15.1. The van der Waals surface area contributed by atoms with Gasteiger partial charge in [0.05, 0.1) is 4.90 Å². The van der Waals surface area contributed by atoms with E-state index in [0.29, 0.717) is 5.69 Å². The molecule has 0 aliphatic heterocycles. The van der Waals surface area contributed by atoms with Crippen LogP contribution >= 0.6 is 0 Å². The van der Waals surface area contributed by atoms with Crippen LogP contribution < -0.4 is 10.6 Å². The molecule has 0 spiro atoms. The van der Waals surface area contributed by atoms with Gasteiger partial charge in [-0.15, -0.1) is 0 Å². The number of hydrogen-bond donors (Lipinski definition) is 2. The number of hydrazone groups is 1. The SMILES string of the molecule is Nc1ccc(S(=O)(=O)N/N=C\C=C\c2ccccc2)cc1. The Labute approximate surface area is 123 Å². The predicted molar refractivity (Wildman–Crippen MR) is 85.1 cm³/mol. The summed E-state index contributed by atoms with van der Waals surface area (Å²) in [5.74, 6) is 0. The van der Waals surface area contributed by atoms with E-state index in [2.05, 4.69) is 9.93 Å². The van der Waals surface area contributed by atoms with Gasteiger partial charge in [0.1, 0.15) is 0 Å². The van der Waals surface area contributed by atoms with Gasteiger partial charge in [-0.2, -0.15) is 13.5 Å². The average molecular weight is 301 g/mol. The van der Waals surface area contributed by atoms with Crippen molar-refractivity contribution < 1.29 is 8.42 Å². The van der Waals surface area contributed by atoms with Crippen molar-refractivity contribution in [1.82, 2.24) is 4.83 Å². The average Bonchev–Trinajstić information content (AvgIpc) is 2.48. The highest BCUT2D eigenvalue weighted by Crippen LogP contribution is 2.11. The van der Waals surface area contributed by atoms with Crippen LogP contribution in [0.25, 0.3) is 6.08 Å². The number of anilines is 1. The molecule has 2 aromatic carbocycles. The Morgan fingerprint density at radius 3 is 2.33 bits per heavy atom. The number of nitrogen functional groups attached to an aromatic ring is 1. The van der Waals surface area contributed by atoms with Crippen LogP contribution in [0.2, 0.25) is 0 Å². The lowest BCUT2D eigenvalue weighted by molar-refractivity contribution is 0.584. The maximum Gasteiger partial charge on any atom is 0.276 e. The highest BCUT2D eigenvalue weighted by atomic mass is 32.2. The lowest BCUT2D eigenvalue weighted by atomic mass is 10.2. The second-order valence-corrected chi connectivity index (χ2v) is 5.87. The number of sulfonamides is 1. The third-order valence-electron chi connectivity index (χ3n) is 2.61. The minimum Gasteiger partial charge on any atom is -0.399 e. The number of rotatable bonds is 5. The standard InChI is InChI=1S/C15H15N3O2S/c16-14-8-10-15(11-9-14)21(19,20)18-17-12-4-7-13-5-2-1-3-6-13/h1-12,18H,16H2/b7-4+,17-12-. The summed E-state index contributed by atoms with van der Waals surface area (Å²) in [6.07, 6.45) is 4.85. The van der Waals surface area contributed by atoms with Crippen molar-refractivity contribution in [2.24, 2.45) is 5.10 Å². The fraction of sp³-hybridized carbons (Fsp3) is 0. The molecule has 0 fully saturated rings. The maximum atomic E-state index is 11.9. The fourth-order valence-electron chi connectivity index (χ4n) is 1.56. The van der Waals surface area contributed by atoms with Crippen LogP contribution in [0, 0.1) is 0 Å². The smallest absolute Gasteiger partial charge is 0.276 e. The van der Waals surface area contributed by atoms with E-state index in [0.717, 1.165) is 5.56 Å². The Kier molecular flexibility index (Phi) is 4.73. The number of nitrogens with zero attached hydrogens (tertiary/aromatic N) is 1. The summed E-state index contributed by atoms with van der Waals surface area (Å²) in [6, 6.07) is 15.5. The zero-order valence-corrected chi connectivity index (χ0v) is 12.0. The van der Waals surface area contributed by atoms with Crippen molar-refractivity contribution in [2.45, 2.75) is 4.90 Å². The predicted octanol–water partition coefficient (Wildman–Crippen LogP) is 2.25. The van der Waals surface area contributed by atoms with E-state index < -0.39 is 10.0 Å². The molecule has 0 aliphatic carbocycles. The first-order valence-corrected chi connectivity index (χ1v) is 7.68. The largest absolute Gasteiger partial charge is 0.399 e. The van der Waals surface area contributed by atoms with Gasteiger partial charge in [0.2, 0.25) is 0 Å². The van der Waals surface area contributed by atoms with Gasteiger partial charge in [0.25, 0.3) is 10.0 Å². The van der Waals surface area contributed by atoms with Crippen molar-refractivity contribution in [1.29, 1.82) is 0 Å². The molecule has 0 aromatic heterocycles. The lowest BCUT2D eigenvalue weighted by Crippen LogP contribution is -2.18. The Hall–Kier alpha value is -2.60. The molecule has 2 aromatic rings. The molecule has 108 valence electrons. The van der Waals surface area contributed by atoms with Crippen LogP contribution in [0.5, 0.6) is 0 Å². The first-order valence-electron chi connectivity index (χ1n) is 6.20. The van der Waals surface area contributed by atoms with Gasteiger partial charge in [-0.1, -0.05) is 36.4 Å². The topological polar surface area (TPSA) is 84.5 Å². The molecule has 6 heteroatoms. The van der Waals surface area contributed by atoms with E-state index in [1.807, 2.05) is 36.4 Å². The van der Waals surface area contributed by atoms with E-state index in [4.69, 9.17) is 5.73 Å². The van der Waals surface area contributed by atoms with Gasteiger partial charge >= 0.3 is 0 Å². The summed E-state index contributed by atoms with van der Waals surface area (Å²) >= 11 is 0. The van der Waals surface area contributed by atoms with Crippen LogP contribution in [0.1, 0.15) is 5.56 Å². The van der Waals surface area contributed by atoms with Crippen LogP contribution in [0.4, 0.5) is 5.69 Å². The van der Waals surface area contributed by atoms with Crippen LogP contribution in [-0.4, -0.2) is 14.6 Å². The third kappa shape index (κ3) is 4.47. The minimum absolute atomic E-state index is 0.112. The van der Waals surface area contributed by atoms with Crippen molar-refractivity contribution in [3.05, 3.63) is 66.2 Å². The van der Waals surface area contributed by atoms with Gasteiger partial charge in [-0.25, -0.2) is 4.83 Å². The van der Waals surface area contributed by atoms with Crippen molar-refractivity contribution >= 4 is 28.0 Å². The molecule has 0 aliphatic rings. The molecule has 0 amide bonds. The van der Waals surface area contributed by atoms with E-state index in [-0.39, 0.29) is 4.90 Å². The minimum atomic E-state index is -3.66. The van der Waals surface area contributed by atoms with Crippen LogP contribution in [-0.2, 0) is 10.0 Å². The lowest BCUT2D eigenvalue weighted by Gasteiger charge is -2.02. The summed E-state index contributed by atoms with van der Waals surface area (Å²) in [4.78, 5) is 2.24. The summed E-state index contributed by atoms with van der Waals surface area (Å²) in [6.45, 7) is 0. The molecule has 0 unspecified atom stereocenters. The van der Waals surface area contributed by atoms with E-state index in [9.17, 15) is 8.42 Å². The normalized spacial score (nSPS) is 12.0. The first-order chi connectivity index (χ1) is 10.1. The zero-order valence-electron chi connectivity index (χ0n) is 11.2. The Morgan fingerprint density at radius 1 is 1.00 bits per heavy atom. The molecule has 3 N–H and O–H groups in total. The summed E-state index contributed by atoms with van der Waals surface area (Å²) in [5, 5.41) is 3.68. The van der Waals surface area contributed by atoms with E-state index in [1.165, 1.54) is 30.5 Å². The summed E-state index contributed by atoms with van der Waals surface area (Å²) in [5.41, 5.74) is 7.02. The van der Waals surface area contributed by atoms with Gasteiger partial charge in [0, 0.05) is 11.9 Å². The molecule has 2 rings (SSSR count). The molecule has 0 saturated carbocycles. The number of hydrogen-bond acceptors (Lipinski definition) is 4. The summed E-state index contributed by atoms with van der Waals surface area (Å²) in [7, 11) is -3.66. The monoisotopic (exact) mass is 301 g/mol.